The molecule has 8 heteroatoms. The van der Waals surface area contributed by atoms with Crippen LogP contribution in [-0.2, 0) is 14.8 Å². The minimum absolute atomic E-state index is 0.0329. The van der Waals surface area contributed by atoms with Gasteiger partial charge in [-0.05, 0) is 44.0 Å². The van der Waals surface area contributed by atoms with E-state index in [0.29, 0.717) is 25.1 Å². The zero-order chi connectivity index (χ0) is 17.2. The average Bonchev–Trinajstić information content (AvgIpc) is 2.68. The molecule has 1 fully saturated rings. The molecular weight excluding hydrogens is 320 g/mol. The topological polar surface area (TPSA) is 95.0 Å². The van der Waals surface area contributed by atoms with Crippen LogP contribution in [0.1, 0.15) is 29.3 Å². The highest BCUT2D eigenvalue weighted by Crippen LogP contribution is 2.22. The van der Waals surface area contributed by atoms with Crippen LogP contribution < -0.4 is 0 Å². The summed E-state index contributed by atoms with van der Waals surface area (Å²) in [6.07, 6.45) is 0.574. The van der Waals surface area contributed by atoms with Crippen LogP contribution in [0.3, 0.4) is 0 Å². The number of hydrogen-bond donors (Lipinski definition) is 1. The Morgan fingerprint density at radius 2 is 2.00 bits per heavy atom. The zero-order valence-electron chi connectivity index (χ0n) is 13.2. The second-order valence-electron chi connectivity index (χ2n) is 5.45. The van der Waals surface area contributed by atoms with E-state index in [4.69, 9.17) is 5.11 Å². The number of aryl methyl sites for hydroxylation is 1. The van der Waals surface area contributed by atoms with Gasteiger partial charge in [0.15, 0.2) is 0 Å². The molecule has 1 aliphatic heterocycles. The lowest BCUT2D eigenvalue weighted by Crippen LogP contribution is -2.39. The number of carboxylic acids is 1. The van der Waals surface area contributed by atoms with Crippen molar-refractivity contribution in [2.75, 3.05) is 26.2 Å². The molecule has 1 amide bonds. The number of aromatic carboxylic acids is 1. The van der Waals surface area contributed by atoms with E-state index in [1.807, 2.05) is 6.92 Å². The van der Waals surface area contributed by atoms with Crippen LogP contribution in [-0.4, -0.2) is 60.8 Å². The van der Waals surface area contributed by atoms with Gasteiger partial charge in [-0.25, -0.2) is 13.2 Å². The lowest BCUT2D eigenvalue weighted by molar-refractivity contribution is -0.130. The SMILES string of the molecule is CCN1CCCN(S(=O)(=O)c2ccc(C(=O)O)cc2C)CC1=O. The van der Waals surface area contributed by atoms with Crippen molar-refractivity contribution in [1.82, 2.24) is 9.21 Å². The summed E-state index contributed by atoms with van der Waals surface area (Å²) in [6, 6.07) is 3.88. The maximum absolute atomic E-state index is 12.8. The third-order valence-electron chi connectivity index (χ3n) is 3.92. The predicted octanol–water partition coefficient (Wildman–Crippen LogP) is 0.936. The number of likely N-dealkylation sites (N-methyl/N-ethyl adjacent to an activating group) is 1. The molecule has 2 rings (SSSR count). The summed E-state index contributed by atoms with van der Waals surface area (Å²) >= 11 is 0. The van der Waals surface area contributed by atoms with E-state index in [9.17, 15) is 18.0 Å². The Morgan fingerprint density at radius 3 is 2.57 bits per heavy atom. The summed E-state index contributed by atoms with van der Waals surface area (Å²) in [5.74, 6) is -1.33. The van der Waals surface area contributed by atoms with Crippen molar-refractivity contribution in [2.24, 2.45) is 0 Å². The van der Waals surface area contributed by atoms with Crippen LogP contribution >= 0.6 is 0 Å². The second kappa shape index (κ2) is 6.67. The highest BCUT2D eigenvalue weighted by molar-refractivity contribution is 7.89. The number of amides is 1. The fourth-order valence-electron chi connectivity index (χ4n) is 2.64. The summed E-state index contributed by atoms with van der Waals surface area (Å²) in [5.41, 5.74) is 0.388. The number of carbonyl (C=O) groups is 2. The van der Waals surface area contributed by atoms with E-state index in [1.165, 1.54) is 22.5 Å². The first-order chi connectivity index (χ1) is 10.8. The quantitative estimate of drug-likeness (QED) is 0.880. The van der Waals surface area contributed by atoms with E-state index in [-0.39, 0.29) is 29.5 Å². The first-order valence-corrected chi connectivity index (χ1v) is 8.83. The molecule has 0 radical (unpaired) electrons. The standard InChI is InChI=1S/C15H20N2O5S/c1-3-16-7-4-8-17(10-14(16)18)23(21,22)13-6-5-12(15(19)20)9-11(13)2/h5-6,9H,3-4,7-8,10H2,1-2H3,(H,19,20). The first-order valence-electron chi connectivity index (χ1n) is 7.39. The van der Waals surface area contributed by atoms with Gasteiger partial charge in [-0.2, -0.15) is 4.31 Å². The van der Waals surface area contributed by atoms with E-state index < -0.39 is 16.0 Å². The molecule has 1 N–H and O–H groups in total. The molecule has 1 saturated heterocycles. The van der Waals surface area contributed by atoms with Crippen molar-refractivity contribution >= 4 is 21.9 Å². The van der Waals surface area contributed by atoms with Crippen LogP contribution in [0.5, 0.6) is 0 Å². The molecule has 0 bridgehead atoms. The van der Waals surface area contributed by atoms with Gasteiger partial charge in [-0.1, -0.05) is 0 Å². The Hall–Kier alpha value is -1.93. The Bertz CT molecular complexity index is 729. The third kappa shape index (κ3) is 3.53. The van der Waals surface area contributed by atoms with Crippen LogP contribution in [0.25, 0.3) is 0 Å². The molecule has 1 aliphatic rings. The lowest BCUT2D eigenvalue weighted by atomic mass is 10.1. The molecule has 23 heavy (non-hydrogen) atoms. The molecule has 0 aliphatic carbocycles. The van der Waals surface area contributed by atoms with Gasteiger partial charge in [0.2, 0.25) is 15.9 Å². The predicted molar refractivity (Wildman–Crippen MR) is 83.8 cm³/mol. The summed E-state index contributed by atoms with van der Waals surface area (Å²) < 4.78 is 26.8. The van der Waals surface area contributed by atoms with Crippen LogP contribution in [0.2, 0.25) is 0 Å². The molecule has 1 heterocycles. The molecule has 0 atom stereocenters. The normalized spacial score (nSPS) is 17.1. The van der Waals surface area contributed by atoms with Gasteiger partial charge < -0.3 is 10.0 Å². The smallest absolute Gasteiger partial charge is 0.335 e. The van der Waals surface area contributed by atoms with Gasteiger partial charge >= 0.3 is 5.97 Å². The molecular formula is C15H20N2O5S. The fraction of sp³-hybridized carbons (Fsp3) is 0.467. The van der Waals surface area contributed by atoms with Crippen molar-refractivity contribution in [2.45, 2.75) is 25.2 Å². The van der Waals surface area contributed by atoms with Crippen molar-refractivity contribution in [1.29, 1.82) is 0 Å². The van der Waals surface area contributed by atoms with E-state index in [2.05, 4.69) is 0 Å². The van der Waals surface area contributed by atoms with Gasteiger partial charge in [0.1, 0.15) is 0 Å². The highest BCUT2D eigenvalue weighted by atomic mass is 32.2. The Balaban J connectivity index is 2.34. The molecule has 1 aromatic carbocycles. The van der Waals surface area contributed by atoms with Gasteiger partial charge in [0.25, 0.3) is 0 Å². The molecule has 7 nitrogen and oxygen atoms in total. The number of hydrogen-bond acceptors (Lipinski definition) is 4. The Labute approximate surface area is 135 Å². The van der Waals surface area contributed by atoms with Crippen LogP contribution in [0, 0.1) is 6.92 Å². The number of nitrogens with zero attached hydrogens (tertiary/aromatic N) is 2. The monoisotopic (exact) mass is 340 g/mol. The number of benzene rings is 1. The number of sulfonamides is 1. The molecule has 1 aromatic rings. The van der Waals surface area contributed by atoms with E-state index in [0.717, 1.165) is 0 Å². The van der Waals surface area contributed by atoms with Gasteiger partial charge in [-0.15, -0.1) is 0 Å². The summed E-state index contributed by atoms with van der Waals surface area (Å²) in [4.78, 5) is 24.7. The zero-order valence-corrected chi connectivity index (χ0v) is 14.0. The molecule has 126 valence electrons. The number of carbonyl (C=O) groups excluding carboxylic acids is 1. The van der Waals surface area contributed by atoms with Crippen molar-refractivity contribution in [3.8, 4) is 0 Å². The fourth-order valence-corrected chi connectivity index (χ4v) is 4.28. The van der Waals surface area contributed by atoms with Crippen LogP contribution in [0.15, 0.2) is 23.1 Å². The molecule has 0 unspecified atom stereocenters. The summed E-state index contributed by atoms with van der Waals surface area (Å²) in [7, 11) is -3.83. The molecule has 0 aromatic heterocycles. The third-order valence-corrected chi connectivity index (χ3v) is 5.93. The minimum Gasteiger partial charge on any atom is -0.478 e. The van der Waals surface area contributed by atoms with E-state index in [1.54, 1.807) is 11.8 Å². The summed E-state index contributed by atoms with van der Waals surface area (Å²) in [5, 5.41) is 8.97. The maximum Gasteiger partial charge on any atom is 0.335 e. The second-order valence-corrected chi connectivity index (χ2v) is 7.36. The Morgan fingerprint density at radius 1 is 1.30 bits per heavy atom. The lowest BCUT2D eigenvalue weighted by Gasteiger charge is -2.21. The largest absolute Gasteiger partial charge is 0.478 e. The summed E-state index contributed by atoms with van der Waals surface area (Å²) in [6.45, 7) is 4.59. The maximum atomic E-state index is 12.8. The van der Waals surface area contributed by atoms with Crippen molar-refractivity contribution in [3.63, 3.8) is 0 Å². The van der Waals surface area contributed by atoms with Gasteiger partial charge in [0, 0.05) is 19.6 Å². The van der Waals surface area contributed by atoms with Gasteiger partial charge in [0.05, 0.1) is 17.0 Å². The average molecular weight is 340 g/mol. The Kier molecular flexibility index (Phi) is 5.06. The van der Waals surface area contributed by atoms with Crippen molar-refractivity contribution < 1.29 is 23.1 Å². The first kappa shape index (κ1) is 17.4. The number of rotatable bonds is 4. The minimum atomic E-state index is -3.83. The van der Waals surface area contributed by atoms with Crippen LogP contribution in [0.4, 0.5) is 0 Å². The molecule has 0 saturated carbocycles. The van der Waals surface area contributed by atoms with E-state index >= 15 is 0 Å². The van der Waals surface area contributed by atoms with Crippen molar-refractivity contribution in [3.05, 3.63) is 29.3 Å². The molecule has 0 spiro atoms. The highest BCUT2D eigenvalue weighted by Gasteiger charge is 2.31. The number of carboxylic acid groups (broad SMARTS) is 1. The van der Waals surface area contributed by atoms with Gasteiger partial charge in [-0.3, -0.25) is 4.79 Å².